The summed E-state index contributed by atoms with van der Waals surface area (Å²) in [5.41, 5.74) is 0.446. The number of carboxylic acid groups (broad SMARTS) is 1. The van der Waals surface area contributed by atoms with Gasteiger partial charge in [0.25, 0.3) is 5.91 Å². The first-order valence-corrected chi connectivity index (χ1v) is 8.65. The molecule has 1 aliphatic rings. The Morgan fingerprint density at radius 1 is 1.36 bits per heavy atom. The van der Waals surface area contributed by atoms with E-state index in [9.17, 15) is 9.59 Å². The van der Waals surface area contributed by atoms with Gasteiger partial charge in [-0.05, 0) is 49.0 Å². The van der Waals surface area contributed by atoms with Crippen LogP contribution < -0.4 is 4.74 Å². The second-order valence-corrected chi connectivity index (χ2v) is 6.38. The number of nitrogens with zero attached hydrogens (tertiary/aromatic N) is 1. The van der Waals surface area contributed by atoms with Crippen LogP contribution in [0.25, 0.3) is 0 Å². The van der Waals surface area contributed by atoms with Gasteiger partial charge in [-0.15, -0.1) is 0 Å². The van der Waals surface area contributed by atoms with Crippen molar-refractivity contribution in [1.82, 2.24) is 4.90 Å². The van der Waals surface area contributed by atoms with Crippen molar-refractivity contribution < 1.29 is 19.4 Å². The highest BCUT2D eigenvalue weighted by Crippen LogP contribution is 2.23. The first-order valence-electron chi connectivity index (χ1n) is 7.25. The number of carbonyl (C=O) groups is 2. The molecule has 1 N–H and O–H groups in total. The summed E-state index contributed by atoms with van der Waals surface area (Å²) in [6, 6.07) is 4.45. The number of aromatic carboxylic acids is 1. The Morgan fingerprint density at radius 3 is 2.73 bits per heavy atom. The minimum absolute atomic E-state index is 0.0698. The van der Waals surface area contributed by atoms with Crippen LogP contribution in [-0.2, 0) is 0 Å². The first kappa shape index (κ1) is 16.7. The predicted molar refractivity (Wildman–Crippen MR) is 87.0 cm³/mol. The summed E-state index contributed by atoms with van der Waals surface area (Å²) in [5, 5.41) is 9.15. The minimum atomic E-state index is -1.06. The molecule has 1 fully saturated rings. The molecule has 1 aromatic rings. The number of hydrogen-bond donors (Lipinski definition) is 1. The Hall–Kier alpha value is -1.69. The Morgan fingerprint density at radius 2 is 2.09 bits per heavy atom. The number of methoxy groups -OCH3 is 1. The van der Waals surface area contributed by atoms with Gasteiger partial charge >= 0.3 is 5.97 Å². The lowest BCUT2D eigenvalue weighted by atomic mass is 9.99. The molecule has 5 nitrogen and oxygen atoms in total. The van der Waals surface area contributed by atoms with Crippen LogP contribution in [0.5, 0.6) is 5.75 Å². The highest BCUT2D eigenvalue weighted by atomic mass is 32.2. The van der Waals surface area contributed by atoms with Gasteiger partial charge in [0.05, 0.1) is 12.7 Å². The summed E-state index contributed by atoms with van der Waals surface area (Å²) in [7, 11) is 1.46. The van der Waals surface area contributed by atoms with Gasteiger partial charge in [0.2, 0.25) is 0 Å². The number of piperidine rings is 1. The maximum atomic E-state index is 12.7. The van der Waals surface area contributed by atoms with Crippen molar-refractivity contribution in [1.29, 1.82) is 0 Å². The third-order valence-corrected chi connectivity index (χ3v) is 4.65. The summed E-state index contributed by atoms with van der Waals surface area (Å²) in [6.45, 7) is 1.46. The summed E-state index contributed by atoms with van der Waals surface area (Å²) < 4.78 is 5.11. The van der Waals surface area contributed by atoms with Crippen LogP contribution >= 0.6 is 11.8 Å². The molecule has 1 aromatic carbocycles. The molecule has 0 aliphatic carbocycles. The quantitative estimate of drug-likeness (QED) is 0.902. The molecule has 0 saturated carbocycles. The number of carbonyl (C=O) groups excluding carboxylic acids is 1. The lowest BCUT2D eigenvalue weighted by Crippen LogP contribution is -2.40. The van der Waals surface area contributed by atoms with Gasteiger partial charge in [0, 0.05) is 18.7 Å². The monoisotopic (exact) mass is 323 g/mol. The fraction of sp³-hybridized carbons (Fsp3) is 0.500. The highest BCUT2D eigenvalue weighted by molar-refractivity contribution is 7.98. The maximum Gasteiger partial charge on any atom is 0.335 e. The SMILES string of the molecule is COc1cc(C(=O)O)cc(C(=O)N2CCC[C@H](CSC)C2)c1. The predicted octanol–water partition coefficient (Wildman–Crippen LogP) is 2.61. The molecule has 2 rings (SSSR count). The van der Waals surface area contributed by atoms with Crippen molar-refractivity contribution in [2.75, 3.05) is 32.2 Å². The molecule has 1 heterocycles. The molecule has 0 bridgehead atoms. The van der Waals surface area contributed by atoms with Crippen molar-refractivity contribution in [2.45, 2.75) is 12.8 Å². The van der Waals surface area contributed by atoms with Crippen LogP contribution in [0.2, 0.25) is 0 Å². The Kier molecular flexibility index (Phi) is 5.71. The number of carboxylic acids is 1. The van der Waals surface area contributed by atoms with Crippen LogP contribution in [0.4, 0.5) is 0 Å². The van der Waals surface area contributed by atoms with Gasteiger partial charge in [-0.1, -0.05) is 0 Å². The lowest BCUT2D eigenvalue weighted by Gasteiger charge is -2.32. The standard InChI is InChI=1S/C16H21NO4S/c1-21-14-7-12(6-13(8-14)16(19)20)15(18)17-5-3-4-11(9-17)10-22-2/h6-8,11H,3-5,9-10H2,1-2H3,(H,19,20)/t11-/m0/s1. The zero-order valence-electron chi connectivity index (χ0n) is 12.9. The fourth-order valence-corrected chi connectivity index (χ4v) is 3.51. The number of benzene rings is 1. The molecule has 120 valence electrons. The van der Waals surface area contributed by atoms with Crippen molar-refractivity contribution in [2.24, 2.45) is 5.92 Å². The summed E-state index contributed by atoms with van der Waals surface area (Å²) >= 11 is 1.79. The van der Waals surface area contributed by atoms with E-state index in [2.05, 4.69) is 6.26 Å². The molecule has 6 heteroatoms. The van der Waals surface area contributed by atoms with E-state index >= 15 is 0 Å². The highest BCUT2D eigenvalue weighted by Gasteiger charge is 2.25. The average Bonchev–Trinajstić information content (AvgIpc) is 2.54. The number of thioether (sulfide) groups is 1. The average molecular weight is 323 g/mol. The Labute approximate surface area is 134 Å². The van der Waals surface area contributed by atoms with Crippen LogP contribution in [0.1, 0.15) is 33.6 Å². The molecular formula is C16H21NO4S. The Balaban J connectivity index is 2.21. The van der Waals surface area contributed by atoms with Gasteiger partial charge in [-0.25, -0.2) is 4.79 Å². The summed E-state index contributed by atoms with van der Waals surface area (Å²) in [6.07, 6.45) is 4.21. The third-order valence-electron chi connectivity index (χ3n) is 3.84. The minimum Gasteiger partial charge on any atom is -0.497 e. The van der Waals surface area contributed by atoms with Gasteiger partial charge in [-0.2, -0.15) is 11.8 Å². The van der Waals surface area contributed by atoms with Gasteiger partial charge in [0.1, 0.15) is 5.75 Å². The van der Waals surface area contributed by atoms with E-state index in [-0.39, 0.29) is 11.5 Å². The molecule has 0 aromatic heterocycles. The van der Waals surface area contributed by atoms with Gasteiger partial charge < -0.3 is 14.7 Å². The van der Waals surface area contributed by atoms with Gasteiger partial charge in [0.15, 0.2) is 0 Å². The number of hydrogen-bond acceptors (Lipinski definition) is 4. The van der Waals surface area contributed by atoms with E-state index in [1.165, 1.54) is 19.2 Å². The van der Waals surface area contributed by atoms with E-state index in [0.29, 0.717) is 17.2 Å². The Bertz CT molecular complexity index is 559. The number of rotatable bonds is 5. The van der Waals surface area contributed by atoms with Crippen LogP contribution in [0.15, 0.2) is 18.2 Å². The lowest BCUT2D eigenvalue weighted by molar-refractivity contribution is 0.0685. The van der Waals surface area contributed by atoms with Crippen molar-refractivity contribution in [3.63, 3.8) is 0 Å². The van der Waals surface area contributed by atoms with Crippen molar-refractivity contribution in [3.8, 4) is 5.75 Å². The van der Waals surface area contributed by atoms with E-state index in [4.69, 9.17) is 9.84 Å². The molecular weight excluding hydrogens is 302 g/mol. The number of likely N-dealkylation sites (tertiary alicyclic amines) is 1. The normalized spacial score (nSPS) is 18.1. The van der Waals surface area contributed by atoms with Crippen molar-refractivity contribution in [3.05, 3.63) is 29.3 Å². The van der Waals surface area contributed by atoms with Crippen molar-refractivity contribution >= 4 is 23.6 Å². The van der Waals surface area contributed by atoms with E-state index < -0.39 is 5.97 Å². The molecule has 0 unspecified atom stereocenters. The maximum absolute atomic E-state index is 12.7. The topological polar surface area (TPSA) is 66.8 Å². The summed E-state index contributed by atoms with van der Waals surface area (Å²) in [5.74, 6) is 0.764. The van der Waals surface area contributed by atoms with E-state index in [0.717, 1.165) is 31.7 Å². The fourth-order valence-electron chi connectivity index (χ4n) is 2.77. The first-order chi connectivity index (χ1) is 10.5. The second kappa shape index (κ2) is 7.54. The molecule has 1 aliphatic heterocycles. The van der Waals surface area contributed by atoms with Crippen LogP contribution in [0, 0.1) is 5.92 Å². The third kappa shape index (κ3) is 3.94. The van der Waals surface area contributed by atoms with E-state index in [1.54, 1.807) is 17.8 Å². The van der Waals surface area contributed by atoms with E-state index in [1.807, 2.05) is 4.90 Å². The molecule has 0 spiro atoms. The molecule has 1 saturated heterocycles. The second-order valence-electron chi connectivity index (χ2n) is 5.47. The molecule has 22 heavy (non-hydrogen) atoms. The smallest absolute Gasteiger partial charge is 0.335 e. The van der Waals surface area contributed by atoms with Crippen LogP contribution in [-0.4, -0.2) is 54.1 Å². The van der Waals surface area contributed by atoms with Crippen LogP contribution in [0.3, 0.4) is 0 Å². The summed E-state index contributed by atoms with van der Waals surface area (Å²) in [4.78, 5) is 25.7. The number of ether oxygens (including phenoxy) is 1. The van der Waals surface area contributed by atoms with Gasteiger partial charge in [-0.3, -0.25) is 4.79 Å². The molecule has 1 atom stereocenters. The number of amides is 1. The molecule has 1 amide bonds. The zero-order valence-corrected chi connectivity index (χ0v) is 13.7. The zero-order chi connectivity index (χ0) is 16.1. The largest absolute Gasteiger partial charge is 0.497 e. The molecule has 0 radical (unpaired) electrons.